The summed E-state index contributed by atoms with van der Waals surface area (Å²) in [6, 6.07) is 0. The van der Waals surface area contributed by atoms with E-state index < -0.39 is 15.6 Å². The third kappa shape index (κ3) is 10.2. The first kappa shape index (κ1) is 19.3. The highest BCUT2D eigenvalue weighted by Gasteiger charge is 2.22. The fourth-order valence-electron chi connectivity index (χ4n) is 2.07. The molecule has 0 heterocycles. The van der Waals surface area contributed by atoms with E-state index in [1.807, 2.05) is 0 Å². The Morgan fingerprint density at radius 2 is 1.90 bits per heavy atom. The van der Waals surface area contributed by atoms with Crippen LogP contribution in [0.2, 0.25) is 0 Å². The number of hydrogen-bond acceptors (Lipinski definition) is 4. The number of carbonyl (C=O) groups is 1. The number of hydrogen-bond donors (Lipinski definition) is 3. The van der Waals surface area contributed by atoms with Gasteiger partial charge >= 0.3 is 0 Å². The minimum Gasteiger partial charge on any atom is -0.354 e. The molecule has 4 N–H and O–H groups in total. The van der Waals surface area contributed by atoms with Crippen LogP contribution in [-0.2, 0) is 14.8 Å². The van der Waals surface area contributed by atoms with Gasteiger partial charge < -0.3 is 11.1 Å². The third-order valence-corrected chi connectivity index (χ3v) is 4.04. The zero-order valence-corrected chi connectivity index (χ0v) is 13.8. The molecule has 0 radical (unpaired) electrons. The minimum absolute atomic E-state index is 0.0520. The van der Waals surface area contributed by atoms with Crippen LogP contribution in [0.15, 0.2) is 0 Å². The summed E-state index contributed by atoms with van der Waals surface area (Å²) in [7, 11) is -3.28. The smallest absolute Gasteiger partial charge is 0.220 e. The van der Waals surface area contributed by atoms with Crippen molar-refractivity contribution < 1.29 is 13.2 Å². The predicted molar refractivity (Wildman–Crippen MR) is 81.8 cm³/mol. The van der Waals surface area contributed by atoms with Gasteiger partial charge in [-0.25, -0.2) is 13.1 Å². The lowest BCUT2D eigenvalue weighted by Gasteiger charge is -2.25. The first-order valence-electron chi connectivity index (χ1n) is 7.05. The summed E-state index contributed by atoms with van der Waals surface area (Å²) in [5.74, 6) is 0.428. The van der Waals surface area contributed by atoms with Gasteiger partial charge in [-0.1, -0.05) is 13.3 Å². The first-order valence-corrected chi connectivity index (χ1v) is 8.94. The van der Waals surface area contributed by atoms with E-state index in [-0.39, 0.29) is 12.5 Å². The van der Waals surface area contributed by atoms with Crippen molar-refractivity contribution in [1.82, 2.24) is 10.0 Å². The Kier molecular flexibility index (Phi) is 8.30. The van der Waals surface area contributed by atoms with Crippen LogP contribution < -0.4 is 15.8 Å². The summed E-state index contributed by atoms with van der Waals surface area (Å²) in [6.45, 7) is 6.48. The van der Waals surface area contributed by atoms with Gasteiger partial charge in [0.25, 0.3) is 0 Å². The van der Waals surface area contributed by atoms with Gasteiger partial charge in [-0.3, -0.25) is 4.79 Å². The molecule has 0 aliphatic rings. The second kappa shape index (κ2) is 8.59. The first-order chi connectivity index (χ1) is 9.09. The molecule has 0 saturated heterocycles. The molecule has 1 amide bonds. The molecule has 0 bridgehead atoms. The van der Waals surface area contributed by atoms with Crippen LogP contribution in [0.1, 0.15) is 46.5 Å². The topological polar surface area (TPSA) is 101 Å². The molecule has 0 saturated carbocycles. The zero-order valence-electron chi connectivity index (χ0n) is 13.0. The molecule has 0 fully saturated rings. The molecule has 0 spiro atoms. The molecule has 0 aromatic rings. The third-order valence-electron chi connectivity index (χ3n) is 3.12. The number of nitrogens with one attached hydrogen (secondary N) is 2. The summed E-state index contributed by atoms with van der Waals surface area (Å²) in [5.41, 5.74) is 4.83. The van der Waals surface area contributed by atoms with Crippen molar-refractivity contribution >= 4 is 15.9 Å². The molecule has 0 aliphatic heterocycles. The molecular weight excluding hydrogens is 278 g/mol. The van der Waals surface area contributed by atoms with E-state index in [9.17, 15) is 13.2 Å². The number of rotatable bonds is 10. The Bertz CT molecular complexity index is 394. The van der Waals surface area contributed by atoms with Crippen molar-refractivity contribution in [2.45, 2.75) is 52.0 Å². The number of sulfonamides is 1. The Labute approximate surface area is 122 Å². The Balaban J connectivity index is 4.10. The lowest BCUT2D eigenvalue weighted by molar-refractivity contribution is -0.121. The average Bonchev–Trinajstić information content (AvgIpc) is 2.29. The lowest BCUT2D eigenvalue weighted by atomic mass is 9.96. The molecule has 120 valence electrons. The number of carbonyl (C=O) groups excluding carboxylic acids is 1. The van der Waals surface area contributed by atoms with Crippen molar-refractivity contribution in [3.63, 3.8) is 0 Å². The lowest BCUT2D eigenvalue weighted by Crippen LogP contribution is -2.51. The molecule has 0 aromatic carbocycles. The van der Waals surface area contributed by atoms with Crippen LogP contribution in [0, 0.1) is 5.92 Å². The predicted octanol–water partition coefficient (Wildman–Crippen LogP) is 0.586. The summed E-state index contributed by atoms with van der Waals surface area (Å²) >= 11 is 0. The SMILES string of the molecule is CCC(CCN)CCC(=O)NCC(C)(C)NS(C)(=O)=O. The summed E-state index contributed by atoms with van der Waals surface area (Å²) < 4.78 is 24.9. The van der Waals surface area contributed by atoms with Gasteiger partial charge in [-0.05, 0) is 39.2 Å². The van der Waals surface area contributed by atoms with E-state index in [4.69, 9.17) is 5.73 Å². The second-order valence-corrected chi connectivity index (χ2v) is 7.67. The van der Waals surface area contributed by atoms with E-state index in [1.54, 1.807) is 13.8 Å². The quantitative estimate of drug-likeness (QED) is 0.549. The summed E-state index contributed by atoms with van der Waals surface area (Å²) in [6.07, 6.45) is 4.33. The molecule has 0 rings (SSSR count). The van der Waals surface area contributed by atoms with Crippen molar-refractivity contribution in [1.29, 1.82) is 0 Å². The van der Waals surface area contributed by atoms with Crippen LogP contribution in [0.5, 0.6) is 0 Å². The Hall–Kier alpha value is -0.660. The number of nitrogens with two attached hydrogens (primary N) is 1. The van der Waals surface area contributed by atoms with E-state index in [0.29, 0.717) is 18.9 Å². The maximum Gasteiger partial charge on any atom is 0.220 e. The second-order valence-electron chi connectivity index (χ2n) is 5.93. The summed E-state index contributed by atoms with van der Waals surface area (Å²) in [5, 5.41) is 2.77. The monoisotopic (exact) mass is 307 g/mol. The minimum atomic E-state index is -3.28. The van der Waals surface area contributed by atoms with E-state index in [2.05, 4.69) is 17.0 Å². The van der Waals surface area contributed by atoms with Gasteiger partial charge in [0.15, 0.2) is 0 Å². The van der Waals surface area contributed by atoms with Crippen molar-refractivity contribution in [3.8, 4) is 0 Å². The molecular formula is C13H29N3O3S. The van der Waals surface area contributed by atoms with Crippen LogP contribution in [0.4, 0.5) is 0 Å². The molecule has 7 heteroatoms. The van der Waals surface area contributed by atoms with E-state index >= 15 is 0 Å². The highest BCUT2D eigenvalue weighted by atomic mass is 32.2. The maximum atomic E-state index is 11.8. The standard InChI is InChI=1S/C13H29N3O3S/c1-5-11(8-9-14)6-7-12(17)15-10-13(2,3)16-20(4,18)19/h11,16H,5-10,14H2,1-4H3,(H,15,17). The van der Waals surface area contributed by atoms with Crippen LogP contribution in [0.3, 0.4) is 0 Å². The largest absolute Gasteiger partial charge is 0.354 e. The fraction of sp³-hybridized carbons (Fsp3) is 0.923. The molecule has 1 atom stereocenters. The van der Waals surface area contributed by atoms with Crippen LogP contribution >= 0.6 is 0 Å². The van der Waals surface area contributed by atoms with Crippen molar-refractivity contribution in [3.05, 3.63) is 0 Å². The number of amides is 1. The zero-order chi connectivity index (χ0) is 15.8. The van der Waals surface area contributed by atoms with E-state index in [1.165, 1.54) is 0 Å². The molecule has 0 aromatic heterocycles. The van der Waals surface area contributed by atoms with Crippen LogP contribution in [-0.4, -0.2) is 39.2 Å². The van der Waals surface area contributed by atoms with Gasteiger partial charge in [0.05, 0.1) is 6.26 Å². The van der Waals surface area contributed by atoms with Gasteiger partial charge in [0.1, 0.15) is 0 Å². The fourth-order valence-corrected chi connectivity index (χ4v) is 3.15. The van der Waals surface area contributed by atoms with Crippen molar-refractivity contribution in [2.75, 3.05) is 19.3 Å². The maximum absolute atomic E-state index is 11.8. The van der Waals surface area contributed by atoms with Gasteiger partial charge in [-0.2, -0.15) is 0 Å². The molecule has 1 unspecified atom stereocenters. The van der Waals surface area contributed by atoms with Crippen molar-refractivity contribution in [2.24, 2.45) is 11.7 Å². The van der Waals surface area contributed by atoms with Gasteiger partial charge in [0, 0.05) is 18.5 Å². The Morgan fingerprint density at radius 1 is 1.30 bits per heavy atom. The average molecular weight is 307 g/mol. The molecule has 0 aliphatic carbocycles. The molecule has 20 heavy (non-hydrogen) atoms. The highest BCUT2D eigenvalue weighted by Crippen LogP contribution is 2.14. The highest BCUT2D eigenvalue weighted by molar-refractivity contribution is 7.88. The van der Waals surface area contributed by atoms with E-state index in [0.717, 1.165) is 25.5 Å². The normalized spacial score (nSPS) is 14.1. The Morgan fingerprint density at radius 3 is 2.35 bits per heavy atom. The molecule has 6 nitrogen and oxygen atoms in total. The van der Waals surface area contributed by atoms with Crippen LogP contribution in [0.25, 0.3) is 0 Å². The van der Waals surface area contributed by atoms with Gasteiger partial charge in [0.2, 0.25) is 15.9 Å². The van der Waals surface area contributed by atoms with Gasteiger partial charge in [-0.15, -0.1) is 0 Å². The summed E-state index contributed by atoms with van der Waals surface area (Å²) in [4.78, 5) is 11.8.